The maximum atomic E-state index is 12.0. The Labute approximate surface area is 102 Å². The summed E-state index contributed by atoms with van der Waals surface area (Å²) in [5.41, 5.74) is 2.41. The second kappa shape index (κ2) is 6.01. The maximum absolute atomic E-state index is 12.0. The first-order valence-electron chi connectivity index (χ1n) is 6.31. The van der Waals surface area contributed by atoms with Gasteiger partial charge in [-0.3, -0.25) is 4.39 Å². The van der Waals surface area contributed by atoms with E-state index in [0.717, 1.165) is 12.3 Å². The van der Waals surface area contributed by atoms with Gasteiger partial charge >= 0.3 is 0 Å². The van der Waals surface area contributed by atoms with Gasteiger partial charge in [-0.05, 0) is 25.8 Å². The van der Waals surface area contributed by atoms with Crippen LogP contribution in [0, 0.1) is 6.92 Å². The fraction of sp³-hybridized carbons (Fsp3) is 0.571. The number of hydrogen-bond acceptors (Lipinski definition) is 2. The molecule has 0 radical (unpaired) electrons. The van der Waals surface area contributed by atoms with E-state index in [2.05, 4.69) is 18.3 Å². The molecule has 0 atom stereocenters. The highest BCUT2D eigenvalue weighted by atomic mass is 19.1. The van der Waals surface area contributed by atoms with Crippen molar-refractivity contribution in [3.05, 3.63) is 29.3 Å². The van der Waals surface area contributed by atoms with Crippen molar-refractivity contribution in [1.29, 1.82) is 0 Å². The van der Waals surface area contributed by atoms with Crippen molar-refractivity contribution in [1.82, 2.24) is 5.32 Å². The molecule has 2 rings (SSSR count). The van der Waals surface area contributed by atoms with Crippen LogP contribution in [-0.2, 0) is 6.54 Å². The second-order valence-corrected chi connectivity index (χ2v) is 4.66. The molecule has 0 amide bonds. The number of nitrogens with one attached hydrogen (secondary N) is 1. The molecule has 1 N–H and O–H groups in total. The molecule has 0 saturated heterocycles. The van der Waals surface area contributed by atoms with Crippen LogP contribution in [0.2, 0.25) is 0 Å². The number of hydrogen-bond donors (Lipinski definition) is 1. The largest absolute Gasteiger partial charge is 0.493 e. The highest BCUT2D eigenvalue weighted by molar-refractivity contribution is 5.36. The number of alkyl halides is 1. The lowest BCUT2D eigenvalue weighted by atomic mass is 10.1. The number of aryl methyl sites for hydroxylation is 1. The molecule has 1 saturated carbocycles. The summed E-state index contributed by atoms with van der Waals surface area (Å²) in [6.45, 7) is 3.06. The van der Waals surface area contributed by atoms with E-state index in [9.17, 15) is 4.39 Å². The van der Waals surface area contributed by atoms with Crippen molar-refractivity contribution in [2.45, 2.75) is 38.8 Å². The van der Waals surface area contributed by atoms with Gasteiger partial charge in [0.25, 0.3) is 0 Å². The minimum Gasteiger partial charge on any atom is -0.493 e. The first kappa shape index (κ1) is 12.4. The second-order valence-electron chi connectivity index (χ2n) is 4.66. The van der Waals surface area contributed by atoms with E-state index in [1.54, 1.807) is 0 Å². The zero-order valence-electron chi connectivity index (χ0n) is 10.3. The van der Waals surface area contributed by atoms with E-state index in [1.807, 2.05) is 12.1 Å². The number of ether oxygens (including phenoxy) is 1. The molecule has 94 valence electrons. The lowest BCUT2D eigenvalue weighted by molar-refractivity contribution is 0.286. The van der Waals surface area contributed by atoms with Gasteiger partial charge in [0, 0.05) is 24.6 Å². The molecule has 3 heteroatoms. The van der Waals surface area contributed by atoms with Gasteiger partial charge in [-0.25, -0.2) is 0 Å². The SMILES string of the molecule is Cc1ccc(OCCCF)c(CNC2CC2)c1. The normalized spacial score (nSPS) is 14.9. The zero-order chi connectivity index (χ0) is 12.1. The van der Waals surface area contributed by atoms with Crippen molar-refractivity contribution in [2.24, 2.45) is 0 Å². The summed E-state index contributed by atoms with van der Waals surface area (Å²) >= 11 is 0. The van der Waals surface area contributed by atoms with Crippen molar-refractivity contribution in [3.63, 3.8) is 0 Å². The van der Waals surface area contributed by atoms with Gasteiger partial charge in [-0.15, -0.1) is 0 Å². The van der Waals surface area contributed by atoms with Crippen LogP contribution in [-0.4, -0.2) is 19.3 Å². The molecular formula is C14H20FNO. The average Bonchev–Trinajstić information content (AvgIpc) is 3.13. The summed E-state index contributed by atoms with van der Waals surface area (Å²) < 4.78 is 17.6. The van der Waals surface area contributed by atoms with E-state index in [0.29, 0.717) is 19.1 Å². The fourth-order valence-corrected chi connectivity index (χ4v) is 1.77. The number of benzene rings is 1. The van der Waals surface area contributed by atoms with E-state index in [-0.39, 0.29) is 6.67 Å². The standard InChI is InChI=1S/C14H20FNO/c1-11-3-6-14(17-8-2-7-15)12(9-11)10-16-13-4-5-13/h3,6,9,13,16H,2,4-5,7-8,10H2,1H3. The van der Waals surface area contributed by atoms with Crippen LogP contribution in [0.1, 0.15) is 30.4 Å². The van der Waals surface area contributed by atoms with Crippen molar-refractivity contribution < 1.29 is 9.13 Å². The summed E-state index contributed by atoms with van der Waals surface area (Å²) in [7, 11) is 0. The molecule has 0 spiro atoms. The van der Waals surface area contributed by atoms with Crippen LogP contribution in [0.5, 0.6) is 5.75 Å². The molecule has 1 aromatic carbocycles. The monoisotopic (exact) mass is 237 g/mol. The summed E-state index contributed by atoms with van der Waals surface area (Å²) in [6, 6.07) is 6.84. The Morgan fingerprint density at radius 3 is 2.94 bits per heavy atom. The summed E-state index contributed by atoms with van der Waals surface area (Å²) in [5.74, 6) is 0.886. The Bertz CT molecular complexity index is 363. The lowest BCUT2D eigenvalue weighted by Crippen LogP contribution is -2.16. The molecular weight excluding hydrogens is 217 g/mol. The van der Waals surface area contributed by atoms with Gasteiger partial charge in [0.15, 0.2) is 0 Å². The van der Waals surface area contributed by atoms with Crippen LogP contribution in [0.4, 0.5) is 4.39 Å². The Morgan fingerprint density at radius 1 is 1.41 bits per heavy atom. The highest BCUT2D eigenvalue weighted by Crippen LogP contribution is 2.23. The van der Waals surface area contributed by atoms with Crippen LogP contribution in [0.3, 0.4) is 0 Å². The quantitative estimate of drug-likeness (QED) is 0.736. The Hall–Kier alpha value is -1.09. The van der Waals surface area contributed by atoms with Crippen LogP contribution in [0.15, 0.2) is 18.2 Å². The molecule has 2 nitrogen and oxygen atoms in total. The predicted molar refractivity (Wildman–Crippen MR) is 67.1 cm³/mol. The summed E-state index contributed by atoms with van der Waals surface area (Å²) in [6.07, 6.45) is 3.02. The van der Waals surface area contributed by atoms with E-state index >= 15 is 0 Å². The molecule has 1 aliphatic rings. The summed E-state index contributed by atoms with van der Waals surface area (Å²) in [5, 5.41) is 3.48. The smallest absolute Gasteiger partial charge is 0.123 e. The lowest BCUT2D eigenvalue weighted by Gasteiger charge is -2.12. The molecule has 1 aromatic rings. The Morgan fingerprint density at radius 2 is 2.24 bits per heavy atom. The third-order valence-corrected chi connectivity index (χ3v) is 2.91. The van der Waals surface area contributed by atoms with Gasteiger partial charge in [0.1, 0.15) is 5.75 Å². The van der Waals surface area contributed by atoms with Crippen LogP contribution < -0.4 is 10.1 Å². The molecule has 1 fully saturated rings. The summed E-state index contributed by atoms with van der Waals surface area (Å²) in [4.78, 5) is 0. The van der Waals surface area contributed by atoms with Crippen LogP contribution >= 0.6 is 0 Å². The van der Waals surface area contributed by atoms with Gasteiger partial charge in [-0.2, -0.15) is 0 Å². The number of rotatable bonds is 7. The molecule has 0 unspecified atom stereocenters. The fourth-order valence-electron chi connectivity index (χ4n) is 1.77. The van der Waals surface area contributed by atoms with Crippen LogP contribution in [0.25, 0.3) is 0 Å². The first-order chi connectivity index (χ1) is 8.29. The Balaban J connectivity index is 1.95. The topological polar surface area (TPSA) is 21.3 Å². The minimum atomic E-state index is -0.318. The average molecular weight is 237 g/mol. The zero-order valence-corrected chi connectivity index (χ0v) is 10.3. The van der Waals surface area contributed by atoms with Gasteiger partial charge in [0.2, 0.25) is 0 Å². The molecule has 1 aliphatic carbocycles. The minimum absolute atomic E-state index is 0.318. The number of halogens is 1. The predicted octanol–water partition coefficient (Wildman–Crippen LogP) is 2.99. The Kier molecular flexibility index (Phi) is 4.37. The molecule has 0 bridgehead atoms. The molecule has 17 heavy (non-hydrogen) atoms. The third-order valence-electron chi connectivity index (χ3n) is 2.91. The highest BCUT2D eigenvalue weighted by Gasteiger charge is 2.20. The van der Waals surface area contributed by atoms with Gasteiger partial charge in [-0.1, -0.05) is 17.7 Å². The van der Waals surface area contributed by atoms with E-state index in [4.69, 9.17) is 4.74 Å². The van der Waals surface area contributed by atoms with E-state index < -0.39 is 0 Å². The van der Waals surface area contributed by atoms with Crippen molar-refractivity contribution in [3.8, 4) is 5.75 Å². The van der Waals surface area contributed by atoms with Gasteiger partial charge < -0.3 is 10.1 Å². The first-order valence-corrected chi connectivity index (χ1v) is 6.31. The van der Waals surface area contributed by atoms with Crippen molar-refractivity contribution >= 4 is 0 Å². The molecule has 0 aliphatic heterocycles. The van der Waals surface area contributed by atoms with E-state index in [1.165, 1.54) is 24.0 Å². The molecule has 0 aromatic heterocycles. The molecule has 0 heterocycles. The van der Waals surface area contributed by atoms with Crippen molar-refractivity contribution in [2.75, 3.05) is 13.3 Å². The van der Waals surface area contributed by atoms with Gasteiger partial charge in [0.05, 0.1) is 13.3 Å². The maximum Gasteiger partial charge on any atom is 0.123 e. The third kappa shape index (κ3) is 4.00.